The molecule has 2 aromatic carbocycles. The van der Waals surface area contributed by atoms with Gasteiger partial charge in [-0.25, -0.2) is 9.69 Å². The molecule has 0 bridgehead atoms. The fourth-order valence-electron chi connectivity index (χ4n) is 2.93. The third kappa shape index (κ3) is 2.42. The first-order chi connectivity index (χ1) is 11.7. The minimum absolute atomic E-state index is 0.144. The van der Waals surface area contributed by atoms with Crippen LogP contribution >= 0.6 is 0 Å². The average molecular weight is 317 g/mol. The topological polar surface area (TPSA) is 46.6 Å². The maximum absolute atomic E-state index is 12.6. The first kappa shape index (κ1) is 14.5. The molecule has 0 N–H and O–H groups in total. The number of hydrogen-bond donors (Lipinski definition) is 0. The molecule has 118 valence electrons. The average Bonchev–Trinajstić information content (AvgIpc) is 2.96. The molecule has 0 atom stereocenters. The van der Waals surface area contributed by atoms with E-state index in [0.29, 0.717) is 11.3 Å². The van der Waals surface area contributed by atoms with E-state index in [1.165, 1.54) is 5.57 Å². The molecule has 1 saturated heterocycles. The van der Waals surface area contributed by atoms with Crippen LogP contribution < -0.4 is 0 Å². The van der Waals surface area contributed by atoms with Gasteiger partial charge in [0.2, 0.25) is 0 Å². The second-order valence-electron chi connectivity index (χ2n) is 5.75. The van der Waals surface area contributed by atoms with Crippen molar-refractivity contribution in [2.24, 2.45) is 0 Å². The molecule has 1 fully saturated rings. The SMILES string of the molecule is O=C1OC/C(=C2/C=C(c3ccccc3)C2)N1C(=O)c1ccccc1. The van der Waals surface area contributed by atoms with Gasteiger partial charge in [0.25, 0.3) is 5.91 Å². The van der Waals surface area contributed by atoms with Gasteiger partial charge in [0.05, 0.1) is 5.70 Å². The Bertz CT molecular complexity index is 866. The van der Waals surface area contributed by atoms with Crippen molar-refractivity contribution in [1.82, 2.24) is 4.90 Å². The Balaban J connectivity index is 1.65. The number of carbonyl (C=O) groups excluding carboxylic acids is 2. The molecule has 2 aliphatic rings. The quantitative estimate of drug-likeness (QED) is 0.840. The third-order valence-electron chi connectivity index (χ3n) is 4.25. The number of ether oxygens (including phenoxy) is 1. The molecule has 1 heterocycles. The van der Waals surface area contributed by atoms with Crippen molar-refractivity contribution < 1.29 is 14.3 Å². The Morgan fingerprint density at radius 3 is 2.25 bits per heavy atom. The summed E-state index contributed by atoms with van der Waals surface area (Å²) in [6.07, 6.45) is 2.15. The lowest BCUT2D eigenvalue weighted by Crippen LogP contribution is -2.31. The molecule has 2 aromatic rings. The first-order valence-corrected chi connectivity index (χ1v) is 7.78. The van der Waals surface area contributed by atoms with Gasteiger partial charge in [-0.15, -0.1) is 0 Å². The molecule has 0 saturated carbocycles. The Labute approximate surface area is 139 Å². The van der Waals surface area contributed by atoms with Crippen LogP contribution in [0.1, 0.15) is 22.3 Å². The van der Waals surface area contributed by atoms with E-state index in [4.69, 9.17) is 4.74 Å². The van der Waals surface area contributed by atoms with Crippen molar-refractivity contribution in [3.05, 3.63) is 89.1 Å². The van der Waals surface area contributed by atoms with Crippen LogP contribution in [0.2, 0.25) is 0 Å². The molecule has 1 aliphatic heterocycles. The van der Waals surface area contributed by atoms with Gasteiger partial charge in [-0.3, -0.25) is 4.79 Å². The molecule has 0 spiro atoms. The van der Waals surface area contributed by atoms with Crippen molar-refractivity contribution in [2.45, 2.75) is 6.42 Å². The fourth-order valence-corrected chi connectivity index (χ4v) is 2.93. The lowest BCUT2D eigenvalue weighted by atomic mass is 9.86. The Kier molecular flexibility index (Phi) is 3.50. The summed E-state index contributed by atoms with van der Waals surface area (Å²) in [6.45, 7) is 0.144. The van der Waals surface area contributed by atoms with E-state index in [1.54, 1.807) is 24.3 Å². The minimum Gasteiger partial charge on any atom is -0.442 e. The first-order valence-electron chi connectivity index (χ1n) is 7.78. The summed E-state index contributed by atoms with van der Waals surface area (Å²) in [5.74, 6) is -0.345. The van der Waals surface area contributed by atoms with Crippen LogP contribution in [0.5, 0.6) is 0 Å². The number of rotatable bonds is 2. The third-order valence-corrected chi connectivity index (χ3v) is 4.25. The van der Waals surface area contributed by atoms with E-state index in [-0.39, 0.29) is 12.5 Å². The number of cyclic esters (lactones) is 1. The number of amides is 2. The molecule has 0 aromatic heterocycles. The van der Waals surface area contributed by atoms with Crippen LogP contribution in [0.4, 0.5) is 4.79 Å². The number of benzene rings is 2. The Morgan fingerprint density at radius 2 is 1.58 bits per heavy atom. The summed E-state index contributed by atoms with van der Waals surface area (Å²) >= 11 is 0. The number of hydrogen-bond acceptors (Lipinski definition) is 3. The van der Waals surface area contributed by atoms with Crippen molar-refractivity contribution in [2.75, 3.05) is 6.61 Å². The molecule has 1 aliphatic carbocycles. The zero-order valence-electron chi connectivity index (χ0n) is 12.9. The molecule has 2 amide bonds. The molecule has 0 radical (unpaired) electrons. The van der Waals surface area contributed by atoms with Crippen molar-refractivity contribution in [3.63, 3.8) is 0 Å². The van der Waals surface area contributed by atoms with Crippen molar-refractivity contribution in [1.29, 1.82) is 0 Å². The van der Waals surface area contributed by atoms with E-state index in [0.717, 1.165) is 22.5 Å². The Morgan fingerprint density at radius 1 is 0.958 bits per heavy atom. The maximum atomic E-state index is 12.6. The highest BCUT2D eigenvalue weighted by Crippen LogP contribution is 2.38. The van der Waals surface area contributed by atoms with Gasteiger partial charge in [-0.05, 0) is 35.3 Å². The smallest absolute Gasteiger partial charge is 0.421 e. The highest BCUT2D eigenvalue weighted by Gasteiger charge is 2.37. The highest BCUT2D eigenvalue weighted by atomic mass is 16.6. The maximum Gasteiger partial charge on any atom is 0.421 e. The molecule has 4 heteroatoms. The summed E-state index contributed by atoms with van der Waals surface area (Å²) in [7, 11) is 0. The lowest BCUT2D eigenvalue weighted by Gasteiger charge is -2.23. The van der Waals surface area contributed by atoms with E-state index in [2.05, 4.69) is 12.1 Å². The summed E-state index contributed by atoms with van der Waals surface area (Å²) in [5.41, 5.74) is 4.45. The predicted octanol–water partition coefficient (Wildman–Crippen LogP) is 4.02. The van der Waals surface area contributed by atoms with Crippen LogP contribution in [0.15, 0.2) is 78.0 Å². The number of imide groups is 1. The van der Waals surface area contributed by atoms with E-state index in [9.17, 15) is 9.59 Å². The van der Waals surface area contributed by atoms with Crippen LogP contribution in [0, 0.1) is 0 Å². The van der Waals surface area contributed by atoms with E-state index >= 15 is 0 Å². The summed E-state index contributed by atoms with van der Waals surface area (Å²) in [5, 5.41) is 0. The number of carbonyl (C=O) groups is 2. The second kappa shape index (κ2) is 5.81. The Hall–Kier alpha value is -3.14. The lowest BCUT2D eigenvalue weighted by molar-refractivity contribution is 0.0829. The normalized spacial score (nSPS) is 19.6. The molecule has 24 heavy (non-hydrogen) atoms. The standard InChI is InChI=1S/C20H15NO3/c22-19(15-9-5-2-6-10-15)21-18(13-24-20(21)23)17-11-16(12-17)14-7-3-1-4-8-14/h1-11H,12-13H2/b18-17+. The second-order valence-corrected chi connectivity index (χ2v) is 5.75. The monoisotopic (exact) mass is 317 g/mol. The van der Waals surface area contributed by atoms with Gasteiger partial charge in [-0.2, -0.15) is 0 Å². The molecule has 4 nitrogen and oxygen atoms in total. The zero-order chi connectivity index (χ0) is 16.5. The van der Waals surface area contributed by atoms with E-state index in [1.807, 2.05) is 30.3 Å². The predicted molar refractivity (Wildman–Crippen MR) is 90.0 cm³/mol. The van der Waals surface area contributed by atoms with Gasteiger partial charge < -0.3 is 4.74 Å². The van der Waals surface area contributed by atoms with Gasteiger partial charge in [0.1, 0.15) is 6.61 Å². The summed E-state index contributed by atoms with van der Waals surface area (Å²) in [6, 6.07) is 18.8. The van der Waals surface area contributed by atoms with Gasteiger partial charge in [0.15, 0.2) is 0 Å². The molecular formula is C20H15NO3. The van der Waals surface area contributed by atoms with Crippen molar-refractivity contribution >= 4 is 17.6 Å². The van der Waals surface area contributed by atoms with Crippen LogP contribution in [-0.2, 0) is 4.74 Å². The van der Waals surface area contributed by atoms with Gasteiger partial charge in [-0.1, -0.05) is 54.6 Å². The minimum atomic E-state index is -0.604. The van der Waals surface area contributed by atoms with Gasteiger partial charge in [0, 0.05) is 5.56 Å². The summed E-state index contributed by atoms with van der Waals surface area (Å²) in [4.78, 5) is 25.8. The van der Waals surface area contributed by atoms with Crippen LogP contribution in [0.25, 0.3) is 5.57 Å². The zero-order valence-corrected chi connectivity index (χ0v) is 12.9. The van der Waals surface area contributed by atoms with Gasteiger partial charge >= 0.3 is 6.09 Å². The number of nitrogens with zero attached hydrogens (tertiary/aromatic N) is 1. The summed E-state index contributed by atoms with van der Waals surface area (Å²) < 4.78 is 5.10. The fraction of sp³-hybridized carbons (Fsp3) is 0.100. The molecular weight excluding hydrogens is 302 g/mol. The molecule has 0 unspecified atom stereocenters. The largest absolute Gasteiger partial charge is 0.442 e. The van der Waals surface area contributed by atoms with E-state index < -0.39 is 6.09 Å². The highest BCUT2D eigenvalue weighted by molar-refractivity contribution is 6.05. The molecule has 4 rings (SSSR count). The van der Waals surface area contributed by atoms with Crippen LogP contribution in [-0.4, -0.2) is 23.5 Å². The van der Waals surface area contributed by atoms with Crippen LogP contribution in [0.3, 0.4) is 0 Å². The number of allylic oxidation sites excluding steroid dienone is 3. The van der Waals surface area contributed by atoms with Crippen molar-refractivity contribution in [3.8, 4) is 0 Å².